The molecule has 1 aromatic rings. The van der Waals surface area contributed by atoms with Crippen LogP contribution in [0.2, 0.25) is 0 Å². The molecule has 0 aromatic heterocycles. The van der Waals surface area contributed by atoms with Gasteiger partial charge in [-0.05, 0) is 31.2 Å². The Balaban J connectivity index is 1.88. The van der Waals surface area contributed by atoms with Crippen LogP contribution in [0.3, 0.4) is 0 Å². The number of carboxylic acid groups (broad SMARTS) is 1. The van der Waals surface area contributed by atoms with E-state index in [2.05, 4.69) is 27.8 Å². The van der Waals surface area contributed by atoms with Gasteiger partial charge >= 0.3 is 5.97 Å². The Bertz CT molecular complexity index is 658. The number of rotatable bonds is 4. The second-order valence-corrected chi connectivity index (χ2v) is 7.55. The maximum Gasteiger partial charge on any atom is 0.328 e. The number of carboxylic acids is 1. The van der Waals surface area contributed by atoms with Crippen molar-refractivity contribution in [2.24, 2.45) is 0 Å². The summed E-state index contributed by atoms with van der Waals surface area (Å²) in [4.78, 5) is 28.7. The average Bonchev–Trinajstić information content (AvgIpc) is 2.96. The van der Waals surface area contributed by atoms with Gasteiger partial charge in [0.15, 0.2) is 6.04 Å². The molecule has 2 aliphatic heterocycles. The zero-order chi connectivity index (χ0) is 18.0. The van der Waals surface area contributed by atoms with Crippen LogP contribution in [0.1, 0.15) is 36.5 Å². The third-order valence-electron chi connectivity index (χ3n) is 5.01. The standard InChI is InChI=1S/C18H23BrN2O4/c1-2-8-20-9-6-18(7-10-20)21(15(12-25-18)17(23)24)16(22)13-4-3-5-14(19)11-13/h3-5,11,15H,2,6-10,12H2,1H3,(H,23,24)/t15-/m1/s1. The molecular formula is C18H23BrN2O4. The number of likely N-dealkylation sites (tertiary alicyclic amines) is 1. The number of hydrogen-bond acceptors (Lipinski definition) is 4. The fraction of sp³-hybridized carbons (Fsp3) is 0.556. The van der Waals surface area contributed by atoms with Crippen molar-refractivity contribution in [3.05, 3.63) is 34.3 Å². The zero-order valence-electron chi connectivity index (χ0n) is 14.3. The van der Waals surface area contributed by atoms with E-state index in [1.165, 1.54) is 4.90 Å². The number of ether oxygens (including phenoxy) is 1. The molecule has 25 heavy (non-hydrogen) atoms. The SMILES string of the molecule is CCCN1CCC2(CC1)OC[C@H](C(=O)O)N2C(=O)c1cccc(Br)c1. The maximum atomic E-state index is 13.1. The van der Waals surface area contributed by atoms with Crippen molar-refractivity contribution in [1.82, 2.24) is 9.80 Å². The van der Waals surface area contributed by atoms with Crippen LogP contribution in [0.5, 0.6) is 0 Å². The van der Waals surface area contributed by atoms with Gasteiger partial charge < -0.3 is 14.7 Å². The topological polar surface area (TPSA) is 70.1 Å². The van der Waals surface area contributed by atoms with Gasteiger partial charge in [-0.15, -0.1) is 0 Å². The van der Waals surface area contributed by atoms with E-state index in [0.717, 1.165) is 30.5 Å². The molecule has 0 saturated carbocycles. The highest BCUT2D eigenvalue weighted by Gasteiger charge is 2.53. The fourth-order valence-corrected chi connectivity index (χ4v) is 4.16. The van der Waals surface area contributed by atoms with Crippen molar-refractivity contribution in [1.29, 1.82) is 0 Å². The molecule has 0 unspecified atom stereocenters. The summed E-state index contributed by atoms with van der Waals surface area (Å²) in [6.07, 6.45) is 2.35. The molecule has 136 valence electrons. The van der Waals surface area contributed by atoms with Gasteiger partial charge in [0, 0.05) is 36.0 Å². The van der Waals surface area contributed by atoms with Gasteiger partial charge in [0.25, 0.3) is 5.91 Å². The highest BCUT2D eigenvalue weighted by molar-refractivity contribution is 9.10. The fourth-order valence-electron chi connectivity index (χ4n) is 3.76. The van der Waals surface area contributed by atoms with Gasteiger partial charge in [-0.3, -0.25) is 9.69 Å². The number of carbonyl (C=O) groups excluding carboxylic acids is 1. The van der Waals surface area contributed by atoms with E-state index in [1.54, 1.807) is 18.2 Å². The number of piperidine rings is 1. The van der Waals surface area contributed by atoms with Gasteiger partial charge in [0.05, 0.1) is 6.61 Å². The summed E-state index contributed by atoms with van der Waals surface area (Å²) in [7, 11) is 0. The van der Waals surface area contributed by atoms with Crippen LogP contribution in [-0.4, -0.2) is 64.8 Å². The lowest BCUT2D eigenvalue weighted by Crippen LogP contribution is -2.58. The van der Waals surface area contributed by atoms with E-state index in [1.807, 2.05) is 6.07 Å². The number of benzene rings is 1. The van der Waals surface area contributed by atoms with Crippen LogP contribution in [-0.2, 0) is 9.53 Å². The van der Waals surface area contributed by atoms with Gasteiger partial charge in [0.1, 0.15) is 5.72 Å². The van der Waals surface area contributed by atoms with Gasteiger partial charge in [-0.1, -0.05) is 28.9 Å². The lowest BCUT2D eigenvalue weighted by atomic mass is 9.96. The van der Waals surface area contributed by atoms with E-state index >= 15 is 0 Å². The van der Waals surface area contributed by atoms with Gasteiger partial charge in [-0.25, -0.2) is 4.79 Å². The number of aliphatic carboxylic acids is 1. The Morgan fingerprint density at radius 2 is 2.08 bits per heavy atom. The van der Waals surface area contributed by atoms with Crippen LogP contribution >= 0.6 is 15.9 Å². The molecule has 0 aliphatic carbocycles. The summed E-state index contributed by atoms with van der Waals surface area (Å²) in [6.45, 7) is 4.81. The van der Waals surface area contributed by atoms with E-state index < -0.39 is 17.7 Å². The van der Waals surface area contributed by atoms with Crippen molar-refractivity contribution in [2.45, 2.75) is 38.0 Å². The van der Waals surface area contributed by atoms with Crippen LogP contribution < -0.4 is 0 Å². The van der Waals surface area contributed by atoms with Crippen LogP contribution in [0.4, 0.5) is 0 Å². The summed E-state index contributed by atoms with van der Waals surface area (Å²) < 4.78 is 6.74. The van der Waals surface area contributed by atoms with E-state index in [-0.39, 0.29) is 12.5 Å². The molecule has 2 saturated heterocycles. The minimum atomic E-state index is -1.02. The number of carbonyl (C=O) groups is 2. The van der Waals surface area contributed by atoms with Crippen LogP contribution in [0.15, 0.2) is 28.7 Å². The van der Waals surface area contributed by atoms with Crippen LogP contribution in [0.25, 0.3) is 0 Å². The minimum Gasteiger partial charge on any atom is -0.480 e. The highest BCUT2D eigenvalue weighted by atomic mass is 79.9. The highest BCUT2D eigenvalue weighted by Crippen LogP contribution is 2.38. The molecule has 1 spiro atoms. The van der Waals surface area contributed by atoms with Crippen LogP contribution in [0, 0.1) is 0 Å². The first-order chi connectivity index (χ1) is 12.0. The minimum absolute atomic E-state index is 0.0445. The molecule has 1 amide bonds. The predicted molar refractivity (Wildman–Crippen MR) is 96.4 cm³/mol. The molecule has 2 aliphatic rings. The van der Waals surface area contributed by atoms with Crippen molar-refractivity contribution < 1.29 is 19.4 Å². The molecule has 6 nitrogen and oxygen atoms in total. The Labute approximate surface area is 155 Å². The molecule has 2 fully saturated rings. The lowest BCUT2D eigenvalue weighted by Gasteiger charge is -2.44. The van der Waals surface area contributed by atoms with Crippen molar-refractivity contribution in [3.63, 3.8) is 0 Å². The molecule has 0 bridgehead atoms. The Morgan fingerprint density at radius 3 is 2.68 bits per heavy atom. The Hall–Kier alpha value is -1.44. The first-order valence-corrected chi connectivity index (χ1v) is 9.44. The summed E-state index contributed by atoms with van der Waals surface area (Å²) in [6, 6.07) is 6.11. The quantitative estimate of drug-likeness (QED) is 0.825. The molecule has 1 N–H and O–H groups in total. The van der Waals surface area contributed by atoms with Crippen molar-refractivity contribution in [3.8, 4) is 0 Å². The van der Waals surface area contributed by atoms with E-state index in [4.69, 9.17) is 4.74 Å². The first kappa shape index (κ1) is 18.4. The molecule has 0 radical (unpaired) electrons. The monoisotopic (exact) mass is 410 g/mol. The number of amides is 1. The summed E-state index contributed by atoms with van der Waals surface area (Å²) in [5.74, 6) is -1.30. The van der Waals surface area contributed by atoms with Crippen molar-refractivity contribution in [2.75, 3.05) is 26.2 Å². The number of nitrogens with zero attached hydrogens (tertiary/aromatic N) is 2. The molecule has 2 heterocycles. The summed E-state index contributed by atoms with van der Waals surface area (Å²) in [5, 5.41) is 9.59. The van der Waals surface area contributed by atoms with Gasteiger partial charge in [0.2, 0.25) is 0 Å². The van der Waals surface area contributed by atoms with Gasteiger partial charge in [-0.2, -0.15) is 0 Å². The normalized spacial score (nSPS) is 23.1. The predicted octanol–water partition coefficient (Wildman–Crippen LogP) is 2.58. The second kappa shape index (κ2) is 7.43. The molecule has 1 atom stereocenters. The second-order valence-electron chi connectivity index (χ2n) is 6.64. The molecule has 3 rings (SSSR count). The third-order valence-corrected chi connectivity index (χ3v) is 5.51. The molecular weight excluding hydrogens is 388 g/mol. The van der Waals surface area contributed by atoms with E-state index in [9.17, 15) is 14.7 Å². The van der Waals surface area contributed by atoms with Crippen molar-refractivity contribution >= 4 is 27.8 Å². The number of halogens is 1. The molecule has 1 aromatic carbocycles. The largest absolute Gasteiger partial charge is 0.480 e. The molecule has 7 heteroatoms. The third kappa shape index (κ3) is 3.59. The maximum absolute atomic E-state index is 13.1. The zero-order valence-corrected chi connectivity index (χ0v) is 15.9. The Kier molecular flexibility index (Phi) is 5.46. The Morgan fingerprint density at radius 1 is 1.36 bits per heavy atom. The number of hydrogen-bond donors (Lipinski definition) is 1. The first-order valence-electron chi connectivity index (χ1n) is 8.65. The summed E-state index contributed by atoms with van der Waals surface area (Å²) >= 11 is 3.37. The summed E-state index contributed by atoms with van der Waals surface area (Å²) in [5.41, 5.74) is -0.339. The lowest BCUT2D eigenvalue weighted by molar-refractivity contribution is -0.143. The van der Waals surface area contributed by atoms with E-state index in [0.29, 0.717) is 18.4 Å². The smallest absolute Gasteiger partial charge is 0.328 e. The average molecular weight is 411 g/mol.